The van der Waals surface area contributed by atoms with Crippen molar-refractivity contribution in [2.24, 2.45) is 41.4 Å². The molecule has 4 fully saturated rings. The minimum atomic E-state index is -0.550. The molecule has 7 rings (SSSR count). The smallest absolute Gasteiger partial charge is 0.309 e. The summed E-state index contributed by atoms with van der Waals surface area (Å²) in [7, 11) is 0. The van der Waals surface area contributed by atoms with Gasteiger partial charge in [-0.15, -0.1) is 0 Å². The second kappa shape index (κ2) is 8.10. The maximum absolute atomic E-state index is 13.3. The molecule has 1 aliphatic heterocycles. The number of carbonyl (C=O) groups is 4. The number of nitro benzene ring substituents is 1. The highest BCUT2D eigenvalue weighted by molar-refractivity contribution is 6.06. The van der Waals surface area contributed by atoms with Crippen molar-refractivity contribution in [1.82, 2.24) is 4.90 Å². The third-order valence-corrected chi connectivity index (χ3v) is 8.84. The van der Waals surface area contributed by atoms with Crippen LogP contribution in [0.15, 0.2) is 36.4 Å². The topological polar surface area (TPSA) is 124 Å². The van der Waals surface area contributed by atoms with E-state index in [2.05, 4.69) is 12.2 Å². The van der Waals surface area contributed by atoms with E-state index in [1.165, 1.54) is 29.2 Å². The predicted molar refractivity (Wildman–Crippen MR) is 121 cm³/mol. The number of allylic oxidation sites excluding steroid dienone is 2. The fourth-order valence-corrected chi connectivity index (χ4v) is 7.02. The lowest BCUT2D eigenvalue weighted by molar-refractivity contribution is -0.384. The summed E-state index contributed by atoms with van der Waals surface area (Å²) in [6.07, 6.45) is 7.58. The van der Waals surface area contributed by atoms with Gasteiger partial charge in [0, 0.05) is 23.7 Å². The maximum Gasteiger partial charge on any atom is 0.309 e. The number of nitro groups is 1. The summed E-state index contributed by atoms with van der Waals surface area (Å²) in [5.41, 5.74) is 0.117. The number of nitrogens with zero attached hydrogens (tertiary/aromatic N) is 2. The summed E-state index contributed by atoms with van der Waals surface area (Å²) >= 11 is 0. The number of benzene rings is 1. The Hall–Kier alpha value is -3.36. The quantitative estimate of drug-likeness (QED) is 0.154. The van der Waals surface area contributed by atoms with E-state index in [-0.39, 0.29) is 58.7 Å². The lowest BCUT2D eigenvalue weighted by atomic mass is 9.63. The van der Waals surface area contributed by atoms with E-state index in [0.717, 1.165) is 6.42 Å². The van der Waals surface area contributed by atoms with Gasteiger partial charge in [0.05, 0.1) is 22.7 Å². The van der Waals surface area contributed by atoms with Gasteiger partial charge in [-0.25, -0.2) is 0 Å². The van der Waals surface area contributed by atoms with Gasteiger partial charge in [0.1, 0.15) is 0 Å². The molecule has 35 heavy (non-hydrogen) atoms. The molecule has 9 heteroatoms. The first-order valence-corrected chi connectivity index (χ1v) is 12.3. The number of ketones is 1. The minimum absolute atomic E-state index is 0.0237. The first kappa shape index (κ1) is 22.1. The predicted octanol–water partition coefficient (Wildman–Crippen LogP) is 2.93. The Labute approximate surface area is 201 Å². The first-order valence-electron chi connectivity index (χ1n) is 12.3. The Morgan fingerprint density at radius 2 is 1.51 bits per heavy atom. The van der Waals surface area contributed by atoms with E-state index in [1.807, 2.05) is 0 Å². The molecule has 1 heterocycles. The Balaban J connectivity index is 1.02. The highest BCUT2D eigenvalue weighted by atomic mass is 16.6. The van der Waals surface area contributed by atoms with E-state index in [1.54, 1.807) is 0 Å². The lowest BCUT2D eigenvalue weighted by Crippen LogP contribution is -2.44. The van der Waals surface area contributed by atoms with Gasteiger partial charge in [0.2, 0.25) is 11.8 Å². The van der Waals surface area contributed by atoms with Gasteiger partial charge < -0.3 is 4.74 Å². The lowest BCUT2D eigenvalue weighted by Gasteiger charge is -2.37. The van der Waals surface area contributed by atoms with E-state index >= 15 is 0 Å². The van der Waals surface area contributed by atoms with E-state index < -0.39 is 23.3 Å². The molecule has 0 N–H and O–H groups in total. The molecule has 1 saturated heterocycles. The fourth-order valence-electron chi connectivity index (χ4n) is 7.02. The van der Waals surface area contributed by atoms with E-state index in [0.29, 0.717) is 37.5 Å². The number of amides is 2. The molecular weight excluding hydrogens is 452 g/mol. The molecule has 5 aliphatic carbocycles. The highest BCUT2D eigenvalue weighted by Crippen LogP contribution is 2.65. The Bertz CT molecular complexity index is 1110. The summed E-state index contributed by atoms with van der Waals surface area (Å²) in [5, 5.41) is 10.7. The van der Waals surface area contributed by atoms with Crippen molar-refractivity contribution in [2.45, 2.75) is 38.1 Å². The number of Topliss-reactive ketones (excluding diaryl/α,β-unsaturated/α-hetero) is 1. The largest absolute Gasteiger partial charge is 0.457 e. The van der Waals surface area contributed by atoms with Crippen LogP contribution in [0.25, 0.3) is 0 Å². The van der Waals surface area contributed by atoms with Crippen molar-refractivity contribution in [3.05, 3.63) is 52.1 Å². The van der Waals surface area contributed by atoms with Crippen LogP contribution in [-0.4, -0.2) is 46.0 Å². The summed E-state index contributed by atoms with van der Waals surface area (Å²) in [4.78, 5) is 63.1. The van der Waals surface area contributed by atoms with Crippen LogP contribution in [0.3, 0.4) is 0 Å². The number of rotatable bonds is 6. The number of hydrogen-bond acceptors (Lipinski definition) is 7. The van der Waals surface area contributed by atoms with Gasteiger partial charge in [-0.3, -0.25) is 34.2 Å². The second-order valence-electron chi connectivity index (χ2n) is 10.5. The maximum atomic E-state index is 13.3. The van der Waals surface area contributed by atoms with Crippen molar-refractivity contribution in [1.29, 1.82) is 0 Å². The van der Waals surface area contributed by atoms with Crippen LogP contribution < -0.4 is 0 Å². The fraction of sp³-hybridized carbons (Fsp3) is 0.538. The van der Waals surface area contributed by atoms with Gasteiger partial charge >= 0.3 is 5.97 Å². The zero-order chi connectivity index (χ0) is 24.4. The Morgan fingerprint density at radius 3 is 2.06 bits per heavy atom. The van der Waals surface area contributed by atoms with Crippen LogP contribution >= 0.6 is 0 Å². The molecule has 0 spiro atoms. The summed E-state index contributed by atoms with van der Waals surface area (Å²) < 4.78 is 5.23. The van der Waals surface area contributed by atoms with Gasteiger partial charge in [-0.2, -0.15) is 0 Å². The van der Waals surface area contributed by atoms with E-state index in [9.17, 15) is 29.3 Å². The monoisotopic (exact) mass is 478 g/mol. The molecule has 2 bridgehead atoms. The summed E-state index contributed by atoms with van der Waals surface area (Å²) in [6.45, 7) is -0.429. The van der Waals surface area contributed by atoms with Gasteiger partial charge in [-0.1, -0.05) is 12.2 Å². The number of carbonyl (C=O) groups excluding carboxylic acids is 4. The van der Waals surface area contributed by atoms with Crippen molar-refractivity contribution >= 4 is 29.3 Å². The molecule has 6 atom stereocenters. The molecule has 9 nitrogen and oxygen atoms in total. The molecule has 1 aromatic carbocycles. The Morgan fingerprint density at radius 1 is 0.943 bits per heavy atom. The number of likely N-dealkylation sites (tertiary alicyclic amines) is 1. The van der Waals surface area contributed by atoms with Crippen LogP contribution in [0, 0.1) is 51.5 Å². The van der Waals surface area contributed by atoms with Gasteiger partial charge in [-0.05, 0) is 67.9 Å². The van der Waals surface area contributed by atoms with Crippen molar-refractivity contribution < 1.29 is 28.8 Å². The Kier molecular flexibility index (Phi) is 5.12. The number of esters is 1. The third-order valence-electron chi connectivity index (χ3n) is 8.84. The van der Waals surface area contributed by atoms with Crippen molar-refractivity contribution in [3.63, 3.8) is 0 Å². The molecule has 0 unspecified atom stereocenters. The highest BCUT2D eigenvalue weighted by Gasteiger charge is 2.67. The molecule has 182 valence electrons. The number of ether oxygens (including phenoxy) is 1. The number of non-ortho nitro benzene ring substituents is 1. The first-order chi connectivity index (χ1) is 16.8. The number of hydrogen-bond donors (Lipinski definition) is 0. The molecular formula is C26H26N2O7. The van der Waals surface area contributed by atoms with Crippen molar-refractivity contribution in [3.8, 4) is 0 Å². The summed E-state index contributed by atoms with van der Waals surface area (Å²) in [6, 6.07) is 4.97. The molecule has 2 amide bonds. The van der Waals surface area contributed by atoms with Crippen molar-refractivity contribution in [2.75, 3.05) is 6.61 Å². The molecule has 1 aromatic rings. The second-order valence-corrected chi connectivity index (χ2v) is 10.5. The van der Waals surface area contributed by atoms with Crippen LogP contribution in [0.4, 0.5) is 5.69 Å². The molecule has 6 aliphatic rings. The average Bonchev–Trinajstić information content (AvgIpc) is 3.65. The standard InChI is InChI=1S/C26H26N2O7/c29-21(13-1-7-16(8-2-13)28(33)34)12-35-26(32)14-3-5-15(6-4-14)27-24(30)22-17-9-10-18(20-11-19(17)20)23(22)25(27)31/h1-2,7-10,14-15,17-20,22-23H,3-6,11-12H2/t14?,15?,17-,18-,19-,20-,22+,23+/m0/s1. The molecule has 0 aromatic heterocycles. The minimum Gasteiger partial charge on any atom is -0.457 e. The zero-order valence-electron chi connectivity index (χ0n) is 19.1. The van der Waals surface area contributed by atoms with Gasteiger partial charge in [0.15, 0.2) is 12.4 Å². The third kappa shape index (κ3) is 3.51. The van der Waals surface area contributed by atoms with Gasteiger partial charge in [0.25, 0.3) is 5.69 Å². The molecule has 0 radical (unpaired) electrons. The normalized spacial score (nSPS) is 36.5. The average molecular weight is 479 g/mol. The number of imide groups is 1. The molecule has 3 saturated carbocycles. The van der Waals surface area contributed by atoms with Crippen LogP contribution in [0.5, 0.6) is 0 Å². The van der Waals surface area contributed by atoms with Crippen LogP contribution in [0.1, 0.15) is 42.5 Å². The SMILES string of the molecule is O=C(COC(=O)C1CCC(N2C(=O)[C@@H]3[C@H]4C=C[C@@H]([C@@H]5C[C@@H]45)[C@H]3C2=O)CC1)c1ccc([N+](=O)[O-])cc1. The van der Waals surface area contributed by atoms with Crippen LogP contribution in [-0.2, 0) is 19.1 Å². The zero-order valence-corrected chi connectivity index (χ0v) is 19.1. The van der Waals surface area contributed by atoms with Crippen LogP contribution in [0.2, 0.25) is 0 Å². The van der Waals surface area contributed by atoms with E-state index in [4.69, 9.17) is 4.74 Å². The summed E-state index contributed by atoms with van der Waals surface area (Å²) in [5.74, 6) is -0.168.